The van der Waals surface area contributed by atoms with Crippen LogP contribution in [-0.4, -0.2) is 40.8 Å². The molecule has 1 aliphatic heterocycles. The van der Waals surface area contributed by atoms with Gasteiger partial charge in [-0.3, -0.25) is 14.6 Å². The van der Waals surface area contributed by atoms with Gasteiger partial charge in [-0.05, 0) is 49.7 Å². The molecule has 0 unspecified atom stereocenters. The second kappa shape index (κ2) is 7.11. The van der Waals surface area contributed by atoms with Crippen molar-refractivity contribution in [3.8, 4) is 0 Å². The van der Waals surface area contributed by atoms with Crippen molar-refractivity contribution < 1.29 is 9.59 Å². The minimum absolute atomic E-state index is 0.0785. The van der Waals surface area contributed by atoms with Crippen LogP contribution >= 0.6 is 0 Å². The van der Waals surface area contributed by atoms with E-state index in [1.165, 1.54) is 12.8 Å². The molecule has 1 aromatic heterocycles. The van der Waals surface area contributed by atoms with Crippen molar-refractivity contribution in [2.45, 2.75) is 45.1 Å². The first-order valence-electron chi connectivity index (χ1n) is 8.62. The highest BCUT2D eigenvalue weighted by molar-refractivity contribution is 5.94. The normalized spacial score (nSPS) is 20.1. The van der Waals surface area contributed by atoms with Gasteiger partial charge < -0.3 is 10.2 Å². The molecule has 2 heterocycles. The molecular weight excluding hydrogens is 290 g/mol. The number of pyridine rings is 1. The van der Waals surface area contributed by atoms with Gasteiger partial charge in [-0.25, -0.2) is 0 Å². The number of nitrogens with zero attached hydrogens (tertiary/aromatic N) is 2. The lowest BCUT2D eigenvalue weighted by molar-refractivity contribution is -0.133. The quantitative estimate of drug-likeness (QED) is 0.906. The van der Waals surface area contributed by atoms with Gasteiger partial charge in [0.2, 0.25) is 5.91 Å². The molecular formula is C18H25N3O2. The van der Waals surface area contributed by atoms with Crippen molar-refractivity contribution in [1.82, 2.24) is 15.2 Å². The lowest BCUT2D eigenvalue weighted by Gasteiger charge is -2.33. The van der Waals surface area contributed by atoms with Crippen LogP contribution in [0.5, 0.6) is 0 Å². The summed E-state index contributed by atoms with van der Waals surface area (Å²) in [5.41, 5.74) is 0.587. The van der Waals surface area contributed by atoms with Crippen LogP contribution in [0, 0.1) is 11.8 Å². The number of hydrogen-bond acceptors (Lipinski definition) is 3. The van der Waals surface area contributed by atoms with E-state index in [9.17, 15) is 9.59 Å². The Kier molecular flexibility index (Phi) is 4.94. The first kappa shape index (κ1) is 16.0. The third kappa shape index (κ3) is 4.30. The van der Waals surface area contributed by atoms with Gasteiger partial charge >= 0.3 is 0 Å². The highest BCUT2D eigenvalue weighted by atomic mass is 16.2. The molecule has 0 radical (unpaired) electrons. The third-order valence-corrected chi connectivity index (χ3v) is 5.03. The van der Waals surface area contributed by atoms with Gasteiger partial charge in [-0.2, -0.15) is 0 Å². The number of carbonyl (C=O) groups excluding carboxylic acids is 2. The average Bonchev–Trinajstić information content (AvgIpc) is 3.41. The van der Waals surface area contributed by atoms with Crippen LogP contribution in [0.25, 0.3) is 0 Å². The molecule has 3 rings (SSSR count). The molecule has 2 aliphatic rings. The first-order chi connectivity index (χ1) is 11.1. The minimum atomic E-state index is -0.0785. The molecule has 1 atom stereocenters. The van der Waals surface area contributed by atoms with Gasteiger partial charge in [0.25, 0.3) is 5.91 Å². The molecule has 0 spiro atoms. The van der Waals surface area contributed by atoms with Crippen molar-refractivity contribution in [2.24, 2.45) is 11.8 Å². The van der Waals surface area contributed by atoms with E-state index in [-0.39, 0.29) is 17.9 Å². The molecule has 5 nitrogen and oxygen atoms in total. The molecule has 124 valence electrons. The molecule has 2 fully saturated rings. The van der Waals surface area contributed by atoms with E-state index in [1.54, 1.807) is 24.5 Å². The van der Waals surface area contributed by atoms with Crippen LogP contribution in [0.3, 0.4) is 0 Å². The fourth-order valence-electron chi connectivity index (χ4n) is 3.28. The van der Waals surface area contributed by atoms with Gasteiger partial charge in [0, 0.05) is 37.9 Å². The highest BCUT2D eigenvalue weighted by Crippen LogP contribution is 2.38. The van der Waals surface area contributed by atoms with Crippen LogP contribution in [0.1, 0.15) is 49.4 Å². The number of hydrogen-bond donors (Lipinski definition) is 1. The molecule has 0 aromatic carbocycles. The molecule has 1 aromatic rings. The summed E-state index contributed by atoms with van der Waals surface area (Å²) in [5, 5.41) is 3.05. The summed E-state index contributed by atoms with van der Waals surface area (Å²) in [4.78, 5) is 30.4. The fraction of sp³-hybridized carbons (Fsp3) is 0.611. The molecule has 0 bridgehead atoms. The Morgan fingerprint density at radius 1 is 1.30 bits per heavy atom. The summed E-state index contributed by atoms with van der Waals surface area (Å²) >= 11 is 0. The number of rotatable bonds is 5. The second-order valence-corrected chi connectivity index (χ2v) is 6.89. The Morgan fingerprint density at radius 2 is 2.04 bits per heavy atom. The predicted molar refractivity (Wildman–Crippen MR) is 87.8 cm³/mol. The zero-order valence-electron chi connectivity index (χ0n) is 13.7. The Balaban J connectivity index is 1.43. The number of aromatic nitrogens is 1. The maximum atomic E-state index is 12.3. The Labute approximate surface area is 137 Å². The molecule has 23 heavy (non-hydrogen) atoms. The molecule has 1 saturated heterocycles. The van der Waals surface area contributed by atoms with Gasteiger partial charge in [0.05, 0.1) is 5.56 Å². The van der Waals surface area contributed by atoms with E-state index in [0.29, 0.717) is 17.9 Å². The van der Waals surface area contributed by atoms with Gasteiger partial charge in [-0.1, -0.05) is 6.92 Å². The minimum Gasteiger partial charge on any atom is -0.349 e. The number of piperidine rings is 1. The molecule has 1 N–H and O–H groups in total. The van der Waals surface area contributed by atoms with E-state index in [4.69, 9.17) is 0 Å². The number of likely N-dealkylation sites (tertiary alicyclic amines) is 1. The lowest BCUT2D eigenvalue weighted by atomic mass is 9.99. The predicted octanol–water partition coefficient (Wildman–Crippen LogP) is 2.24. The summed E-state index contributed by atoms with van der Waals surface area (Å²) in [6.45, 7) is 3.68. The largest absolute Gasteiger partial charge is 0.349 e. The third-order valence-electron chi connectivity index (χ3n) is 5.03. The summed E-state index contributed by atoms with van der Waals surface area (Å²) in [7, 11) is 0. The van der Waals surface area contributed by atoms with Crippen molar-refractivity contribution in [3.05, 3.63) is 30.1 Å². The summed E-state index contributed by atoms with van der Waals surface area (Å²) in [5.74, 6) is 1.49. The van der Waals surface area contributed by atoms with Crippen LogP contribution in [0.15, 0.2) is 24.5 Å². The van der Waals surface area contributed by atoms with E-state index < -0.39 is 0 Å². The molecule has 5 heteroatoms. The monoisotopic (exact) mass is 315 g/mol. The maximum absolute atomic E-state index is 12.3. The summed E-state index contributed by atoms with van der Waals surface area (Å²) in [6.07, 6.45) is 8.15. The fourth-order valence-corrected chi connectivity index (χ4v) is 3.28. The number of amides is 2. The highest BCUT2D eigenvalue weighted by Gasteiger charge is 2.31. The first-order valence-corrected chi connectivity index (χ1v) is 8.62. The zero-order chi connectivity index (χ0) is 16.2. The van der Waals surface area contributed by atoms with E-state index in [0.717, 1.165) is 31.8 Å². The average molecular weight is 315 g/mol. The van der Waals surface area contributed by atoms with Crippen LogP contribution in [0.4, 0.5) is 0 Å². The van der Waals surface area contributed by atoms with Crippen molar-refractivity contribution in [1.29, 1.82) is 0 Å². The van der Waals surface area contributed by atoms with Gasteiger partial charge in [0.1, 0.15) is 0 Å². The van der Waals surface area contributed by atoms with E-state index in [2.05, 4.69) is 17.2 Å². The molecule has 1 aliphatic carbocycles. The Hall–Kier alpha value is -1.91. The van der Waals surface area contributed by atoms with E-state index >= 15 is 0 Å². The topological polar surface area (TPSA) is 62.3 Å². The number of carbonyl (C=O) groups is 2. The maximum Gasteiger partial charge on any atom is 0.253 e. The molecule has 1 saturated carbocycles. The SMILES string of the molecule is C[C@H](CC(=O)N1CCC(NC(=O)c2cccnc2)CC1)C1CC1. The standard InChI is InChI=1S/C18H25N3O2/c1-13(14-4-5-14)11-17(22)21-9-6-16(7-10-21)20-18(23)15-3-2-8-19-12-15/h2-3,8,12-14,16H,4-7,9-11H2,1H3,(H,20,23)/t13-/m1/s1. The van der Waals surface area contributed by atoms with Crippen LogP contribution in [0.2, 0.25) is 0 Å². The van der Waals surface area contributed by atoms with Crippen molar-refractivity contribution in [2.75, 3.05) is 13.1 Å². The van der Waals surface area contributed by atoms with Gasteiger partial charge in [0.15, 0.2) is 0 Å². The summed E-state index contributed by atoms with van der Waals surface area (Å²) < 4.78 is 0. The lowest BCUT2D eigenvalue weighted by Crippen LogP contribution is -2.46. The van der Waals surface area contributed by atoms with Gasteiger partial charge in [-0.15, -0.1) is 0 Å². The van der Waals surface area contributed by atoms with Crippen LogP contribution < -0.4 is 5.32 Å². The Morgan fingerprint density at radius 3 is 2.65 bits per heavy atom. The van der Waals surface area contributed by atoms with Crippen LogP contribution in [-0.2, 0) is 4.79 Å². The molecule has 2 amide bonds. The smallest absolute Gasteiger partial charge is 0.253 e. The van der Waals surface area contributed by atoms with E-state index in [1.807, 2.05) is 4.90 Å². The zero-order valence-corrected chi connectivity index (χ0v) is 13.7. The van der Waals surface area contributed by atoms with Crippen molar-refractivity contribution >= 4 is 11.8 Å². The number of nitrogens with one attached hydrogen (secondary N) is 1. The summed E-state index contributed by atoms with van der Waals surface area (Å²) in [6, 6.07) is 3.67. The Bertz CT molecular complexity index is 549. The second-order valence-electron chi connectivity index (χ2n) is 6.89. The van der Waals surface area contributed by atoms with Crippen molar-refractivity contribution in [3.63, 3.8) is 0 Å².